The molecule has 0 heterocycles. The maximum atomic E-state index is 9.21. The highest BCUT2D eigenvalue weighted by atomic mass is 16.3. The van der Waals surface area contributed by atoms with Gasteiger partial charge in [0.25, 0.3) is 0 Å². The second kappa shape index (κ2) is 6.15. The van der Waals surface area contributed by atoms with Crippen LogP contribution in [0, 0.1) is 12.3 Å². The molecule has 0 aliphatic heterocycles. The molecule has 3 nitrogen and oxygen atoms in total. The van der Waals surface area contributed by atoms with E-state index in [1.807, 2.05) is 13.0 Å². The zero-order valence-electron chi connectivity index (χ0n) is 10.9. The summed E-state index contributed by atoms with van der Waals surface area (Å²) in [7, 11) is 0. The monoisotopic (exact) mass is 237 g/mol. The molecule has 1 rings (SSSR count). The third-order valence-electron chi connectivity index (χ3n) is 3.14. The van der Waals surface area contributed by atoms with Crippen LogP contribution in [0.25, 0.3) is 0 Å². The molecular formula is C14H23NO2. The largest absolute Gasteiger partial charge is 0.396 e. The van der Waals surface area contributed by atoms with Gasteiger partial charge in [-0.2, -0.15) is 0 Å². The maximum absolute atomic E-state index is 9.21. The fraction of sp³-hybridized carbons (Fsp3) is 0.571. The van der Waals surface area contributed by atoms with Crippen molar-refractivity contribution in [2.75, 3.05) is 19.8 Å². The number of nitrogens with one attached hydrogen (secondary N) is 1. The van der Waals surface area contributed by atoms with E-state index in [2.05, 4.69) is 37.4 Å². The van der Waals surface area contributed by atoms with Gasteiger partial charge in [0.1, 0.15) is 0 Å². The highest BCUT2D eigenvalue weighted by molar-refractivity contribution is 5.24. The Hall–Kier alpha value is -0.900. The highest BCUT2D eigenvalue weighted by Crippen LogP contribution is 2.17. The summed E-state index contributed by atoms with van der Waals surface area (Å²) in [5.41, 5.74) is 2.00. The summed E-state index contributed by atoms with van der Waals surface area (Å²) in [6, 6.07) is 8.56. The first-order valence-corrected chi connectivity index (χ1v) is 6.02. The topological polar surface area (TPSA) is 52.5 Å². The molecule has 0 fully saturated rings. The average molecular weight is 237 g/mol. The van der Waals surface area contributed by atoms with Gasteiger partial charge in [0.15, 0.2) is 0 Å². The first-order chi connectivity index (χ1) is 8.00. The second-order valence-electron chi connectivity index (χ2n) is 5.14. The van der Waals surface area contributed by atoms with Crippen molar-refractivity contribution >= 4 is 0 Å². The second-order valence-corrected chi connectivity index (χ2v) is 5.14. The van der Waals surface area contributed by atoms with Gasteiger partial charge in [-0.1, -0.05) is 36.8 Å². The van der Waals surface area contributed by atoms with Crippen LogP contribution in [-0.4, -0.2) is 30.0 Å². The van der Waals surface area contributed by atoms with Crippen molar-refractivity contribution in [2.24, 2.45) is 5.41 Å². The predicted molar refractivity (Wildman–Crippen MR) is 69.9 cm³/mol. The molecule has 1 aromatic carbocycles. The zero-order valence-corrected chi connectivity index (χ0v) is 10.9. The molecule has 17 heavy (non-hydrogen) atoms. The summed E-state index contributed by atoms with van der Waals surface area (Å²) in [5, 5.41) is 21.8. The van der Waals surface area contributed by atoms with Gasteiger partial charge in [-0.15, -0.1) is 0 Å². The molecule has 1 aromatic rings. The van der Waals surface area contributed by atoms with Crippen molar-refractivity contribution in [2.45, 2.75) is 26.8 Å². The molecule has 0 saturated heterocycles. The number of aliphatic hydroxyl groups excluding tert-OH is 2. The number of hydrogen-bond donors (Lipinski definition) is 3. The van der Waals surface area contributed by atoms with Gasteiger partial charge in [0, 0.05) is 18.0 Å². The molecular weight excluding hydrogens is 214 g/mol. The fourth-order valence-electron chi connectivity index (χ4n) is 1.62. The Bertz CT molecular complexity index is 348. The van der Waals surface area contributed by atoms with Crippen molar-refractivity contribution in [1.29, 1.82) is 0 Å². The number of aliphatic hydroxyl groups is 2. The number of hydrogen-bond acceptors (Lipinski definition) is 3. The minimum atomic E-state index is -0.460. The molecule has 0 aromatic heterocycles. The molecule has 3 heteroatoms. The first-order valence-electron chi connectivity index (χ1n) is 6.02. The Labute approximate surface area is 103 Å². The van der Waals surface area contributed by atoms with Gasteiger partial charge in [-0.05, 0) is 19.4 Å². The Morgan fingerprint density at radius 3 is 2.47 bits per heavy atom. The van der Waals surface area contributed by atoms with E-state index in [4.69, 9.17) is 0 Å². The van der Waals surface area contributed by atoms with Gasteiger partial charge in [0.2, 0.25) is 0 Å². The van der Waals surface area contributed by atoms with Crippen LogP contribution in [0.15, 0.2) is 24.3 Å². The third-order valence-corrected chi connectivity index (χ3v) is 3.14. The Kier molecular flexibility index (Phi) is 5.12. The van der Waals surface area contributed by atoms with Crippen LogP contribution in [-0.2, 0) is 0 Å². The summed E-state index contributed by atoms with van der Waals surface area (Å²) >= 11 is 0. The van der Waals surface area contributed by atoms with Gasteiger partial charge in [0.05, 0.1) is 13.2 Å². The standard InChI is InChI=1S/C14H23NO2/c1-11-5-4-6-13(7-11)12(2)15-8-14(3,9-16)10-17/h4-7,12,15-17H,8-10H2,1-3H3/t12-/m1/s1. The first kappa shape index (κ1) is 14.2. The highest BCUT2D eigenvalue weighted by Gasteiger charge is 2.22. The minimum absolute atomic E-state index is 0.0168. The molecule has 0 unspecified atom stereocenters. The molecule has 0 aliphatic rings. The van der Waals surface area contributed by atoms with E-state index in [0.29, 0.717) is 6.54 Å². The van der Waals surface area contributed by atoms with Gasteiger partial charge < -0.3 is 15.5 Å². The molecule has 1 atom stereocenters. The predicted octanol–water partition coefficient (Wildman–Crippen LogP) is 1.64. The van der Waals surface area contributed by atoms with Crippen molar-refractivity contribution in [1.82, 2.24) is 5.32 Å². The lowest BCUT2D eigenvalue weighted by atomic mass is 9.92. The van der Waals surface area contributed by atoms with E-state index < -0.39 is 5.41 Å². The van der Waals surface area contributed by atoms with Crippen molar-refractivity contribution in [3.8, 4) is 0 Å². The van der Waals surface area contributed by atoms with Crippen molar-refractivity contribution in [3.63, 3.8) is 0 Å². The van der Waals surface area contributed by atoms with Crippen molar-refractivity contribution < 1.29 is 10.2 Å². The van der Waals surface area contributed by atoms with Crippen LogP contribution in [0.2, 0.25) is 0 Å². The summed E-state index contributed by atoms with van der Waals surface area (Å²) in [4.78, 5) is 0. The van der Waals surface area contributed by atoms with Crippen molar-refractivity contribution in [3.05, 3.63) is 35.4 Å². The zero-order chi connectivity index (χ0) is 12.9. The molecule has 3 N–H and O–H groups in total. The lowest BCUT2D eigenvalue weighted by molar-refractivity contribution is 0.0677. The summed E-state index contributed by atoms with van der Waals surface area (Å²) in [5.74, 6) is 0. The number of rotatable bonds is 6. The quantitative estimate of drug-likeness (QED) is 0.705. The average Bonchev–Trinajstić information content (AvgIpc) is 2.35. The molecule has 0 saturated carbocycles. The molecule has 96 valence electrons. The molecule has 0 spiro atoms. The maximum Gasteiger partial charge on any atom is 0.0519 e. The van der Waals surface area contributed by atoms with Gasteiger partial charge in [-0.3, -0.25) is 0 Å². The van der Waals surface area contributed by atoms with Gasteiger partial charge in [-0.25, -0.2) is 0 Å². The lowest BCUT2D eigenvalue weighted by Gasteiger charge is -2.27. The van der Waals surface area contributed by atoms with Crippen LogP contribution in [0.3, 0.4) is 0 Å². The SMILES string of the molecule is Cc1cccc([C@@H](C)NCC(C)(CO)CO)c1. The van der Waals surface area contributed by atoms with E-state index in [-0.39, 0.29) is 19.3 Å². The van der Waals surface area contributed by atoms with Crippen LogP contribution < -0.4 is 5.32 Å². The molecule has 0 amide bonds. The minimum Gasteiger partial charge on any atom is -0.396 e. The third kappa shape index (κ3) is 4.11. The molecule has 0 radical (unpaired) electrons. The smallest absolute Gasteiger partial charge is 0.0519 e. The van der Waals surface area contributed by atoms with Crippen LogP contribution >= 0.6 is 0 Å². The Morgan fingerprint density at radius 1 is 1.29 bits per heavy atom. The van der Waals surface area contributed by atoms with Gasteiger partial charge >= 0.3 is 0 Å². The van der Waals surface area contributed by atoms with E-state index in [1.54, 1.807) is 0 Å². The number of benzene rings is 1. The molecule has 0 aliphatic carbocycles. The van der Waals surface area contributed by atoms with E-state index in [0.717, 1.165) is 0 Å². The van der Waals surface area contributed by atoms with Crippen LogP contribution in [0.4, 0.5) is 0 Å². The van der Waals surface area contributed by atoms with Crippen LogP contribution in [0.5, 0.6) is 0 Å². The number of aryl methyl sites for hydroxylation is 1. The van der Waals surface area contributed by atoms with E-state index in [9.17, 15) is 10.2 Å². The summed E-state index contributed by atoms with van der Waals surface area (Å²) in [6.45, 7) is 6.58. The van der Waals surface area contributed by atoms with E-state index in [1.165, 1.54) is 11.1 Å². The fourth-order valence-corrected chi connectivity index (χ4v) is 1.62. The van der Waals surface area contributed by atoms with E-state index >= 15 is 0 Å². The summed E-state index contributed by atoms with van der Waals surface area (Å²) < 4.78 is 0. The van der Waals surface area contributed by atoms with Crippen LogP contribution in [0.1, 0.15) is 31.0 Å². The summed E-state index contributed by atoms with van der Waals surface area (Å²) in [6.07, 6.45) is 0. The molecule has 0 bridgehead atoms. The lowest BCUT2D eigenvalue weighted by Crippen LogP contribution is -2.38. The normalized spacial score (nSPS) is 13.7. The Morgan fingerprint density at radius 2 is 1.94 bits per heavy atom. The Balaban J connectivity index is 2.58.